The molecule has 1 amide bonds. The van der Waals surface area contributed by atoms with Gasteiger partial charge in [-0.2, -0.15) is 5.26 Å². The van der Waals surface area contributed by atoms with E-state index in [0.717, 1.165) is 11.1 Å². The zero-order chi connectivity index (χ0) is 19.3. The van der Waals surface area contributed by atoms with Crippen LogP contribution in [0.15, 0.2) is 35.9 Å². The molecule has 2 aromatic carbocycles. The molecule has 2 aromatic rings. The fourth-order valence-electron chi connectivity index (χ4n) is 2.53. The molecule has 0 unspecified atom stereocenters. The Balaban J connectivity index is 2.38. The molecule has 0 bridgehead atoms. The average molecular weight is 371 g/mol. The van der Waals surface area contributed by atoms with E-state index in [4.69, 9.17) is 21.1 Å². The van der Waals surface area contributed by atoms with Crippen molar-refractivity contribution in [3.05, 3.63) is 57.6 Å². The molecule has 0 heterocycles. The summed E-state index contributed by atoms with van der Waals surface area (Å²) in [5.41, 5.74) is 3.05. The molecule has 0 aliphatic heterocycles. The summed E-state index contributed by atoms with van der Waals surface area (Å²) < 4.78 is 10.4. The standard InChI is InChI=1S/C20H19ClN2O3/c1-12-6-5-7-13(2)18(12)23-20(24)15(11-22)8-14-9-16(21)19(26-4)17(10-14)25-3/h5-10H,1-4H3,(H,23,24)/b15-8+. The van der Waals surface area contributed by atoms with Gasteiger partial charge in [0, 0.05) is 5.69 Å². The minimum Gasteiger partial charge on any atom is -0.493 e. The van der Waals surface area contributed by atoms with Gasteiger partial charge < -0.3 is 14.8 Å². The normalized spacial score (nSPS) is 10.8. The number of aryl methyl sites for hydroxylation is 2. The van der Waals surface area contributed by atoms with Gasteiger partial charge in [-0.1, -0.05) is 29.8 Å². The highest BCUT2D eigenvalue weighted by Crippen LogP contribution is 2.36. The number of halogens is 1. The van der Waals surface area contributed by atoms with Crippen molar-refractivity contribution in [2.45, 2.75) is 13.8 Å². The molecular formula is C20H19ClN2O3. The first kappa shape index (κ1) is 19.4. The van der Waals surface area contributed by atoms with E-state index in [1.165, 1.54) is 20.3 Å². The Morgan fingerprint density at radius 3 is 2.38 bits per heavy atom. The minimum absolute atomic E-state index is 0.0454. The Morgan fingerprint density at radius 2 is 1.85 bits per heavy atom. The van der Waals surface area contributed by atoms with Gasteiger partial charge in [-0.15, -0.1) is 0 Å². The number of anilines is 1. The monoisotopic (exact) mass is 370 g/mol. The maximum atomic E-state index is 12.5. The van der Waals surface area contributed by atoms with Crippen molar-refractivity contribution in [2.24, 2.45) is 0 Å². The highest BCUT2D eigenvalue weighted by atomic mass is 35.5. The van der Waals surface area contributed by atoms with Crippen LogP contribution >= 0.6 is 11.6 Å². The smallest absolute Gasteiger partial charge is 0.266 e. The highest BCUT2D eigenvalue weighted by Gasteiger charge is 2.14. The third kappa shape index (κ3) is 4.16. The van der Waals surface area contributed by atoms with Crippen molar-refractivity contribution >= 4 is 29.3 Å². The van der Waals surface area contributed by atoms with Gasteiger partial charge in [-0.05, 0) is 48.7 Å². The molecule has 0 saturated heterocycles. The Labute approximate surface area is 157 Å². The number of nitrogens with zero attached hydrogens (tertiary/aromatic N) is 1. The predicted molar refractivity (Wildman–Crippen MR) is 103 cm³/mol. The third-order valence-electron chi connectivity index (χ3n) is 3.85. The maximum absolute atomic E-state index is 12.5. The second-order valence-electron chi connectivity index (χ2n) is 5.63. The lowest BCUT2D eigenvalue weighted by molar-refractivity contribution is -0.112. The largest absolute Gasteiger partial charge is 0.493 e. The number of nitrogens with one attached hydrogen (secondary N) is 1. The Hall–Kier alpha value is -2.97. The lowest BCUT2D eigenvalue weighted by Crippen LogP contribution is -2.15. The van der Waals surface area contributed by atoms with Crippen molar-refractivity contribution in [2.75, 3.05) is 19.5 Å². The topological polar surface area (TPSA) is 71.3 Å². The van der Waals surface area contributed by atoms with Crippen LogP contribution in [0.25, 0.3) is 6.08 Å². The molecule has 6 heteroatoms. The second-order valence-corrected chi connectivity index (χ2v) is 6.04. The summed E-state index contributed by atoms with van der Waals surface area (Å²) in [7, 11) is 2.97. The van der Waals surface area contributed by atoms with Gasteiger partial charge in [0.05, 0.1) is 19.2 Å². The van der Waals surface area contributed by atoms with Crippen molar-refractivity contribution < 1.29 is 14.3 Å². The van der Waals surface area contributed by atoms with Crippen LogP contribution in [0.1, 0.15) is 16.7 Å². The lowest BCUT2D eigenvalue weighted by Gasteiger charge is -2.12. The van der Waals surface area contributed by atoms with Crippen molar-refractivity contribution in [3.63, 3.8) is 0 Å². The van der Waals surface area contributed by atoms with Crippen molar-refractivity contribution in [1.82, 2.24) is 0 Å². The zero-order valence-corrected chi connectivity index (χ0v) is 15.8. The molecule has 0 spiro atoms. The first-order chi connectivity index (χ1) is 12.4. The molecule has 0 atom stereocenters. The van der Waals surface area contributed by atoms with Crippen LogP contribution in [0.2, 0.25) is 5.02 Å². The number of ether oxygens (including phenoxy) is 2. The van der Waals surface area contributed by atoms with E-state index in [2.05, 4.69) is 5.32 Å². The number of nitriles is 1. The molecule has 0 aromatic heterocycles. The van der Waals surface area contributed by atoms with E-state index < -0.39 is 5.91 Å². The molecule has 0 fully saturated rings. The van der Waals surface area contributed by atoms with E-state index in [1.54, 1.807) is 12.1 Å². The molecule has 0 aliphatic rings. The molecule has 1 N–H and O–H groups in total. The SMILES string of the molecule is COc1cc(/C=C(\C#N)C(=O)Nc2c(C)cccc2C)cc(Cl)c1OC. The van der Waals surface area contributed by atoms with Crippen LogP contribution in [0.5, 0.6) is 11.5 Å². The number of hydrogen-bond donors (Lipinski definition) is 1. The molecule has 5 nitrogen and oxygen atoms in total. The molecule has 2 rings (SSSR count). The number of hydrogen-bond acceptors (Lipinski definition) is 4. The van der Waals surface area contributed by atoms with Gasteiger partial charge in [0.25, 0.3) is 5.91 Å². The third-order valence-corrected chi connectivity index (χ3v) is 4.13. The number of benzene rings is 2. The van der Waals surface area contributed by atoms with Crippen LogP contribution < -0.4 is 14.8 Å². The number of carbonyl (C=O) groups excluding carboxylic acids is 1. The number of para-hydroxylation sites is 1. The predicted octanol–water partition coefficient (Wildman–Crippen LogP) is 4.52. The van der Waals surface area contributed by atoms with Gasteiger partial charge in [-0.3, -0.25) is 4.79 Å². The van der Waals surface area contributed by atoms with Crippen LogP contribution in [0.3, 0.4) is 0 Å². The quantitative estimate of drug-likeness (QED) is 0.620. The summed E-state index contributed by atoms with van der Waals surface area (Å²) in [5.74, 6) is 0.319. The van der Waals surface area contributed by atoms with Crippen molar-refractivity contribution in [1.29, 1.82) is 5.26 Å². The minimum atomic E-state index is -0.490. The second kappa shape index (κ2) is 8.41. The summed E-state index contributed by atoms with van der Waals surface area (Å²) >= 11 is 6.17. The summed E-state index contributed by atoms with van der Waals surface area (Å²) in [6.07, 6.45) is 1.46. The Kier molecular flexibility index (Phi) is 6.26. The molecule has 26 heavy (non-hydrogen) atoms. The van der Waals surface area contributed by atoms with Gasteiger partial charge in [0.1, 0.15) is 11.6 Å². The molecule has 0 saturated carbocycles. The number of amides is 1. The van der Waals surface area contributed by atoms with E-state index in [0.29, 0.717) is 27.8 Å². The van der Waals surface area contributed by atoms with Gasteiger partial charge in [-0.25, -0.2) is 0 Å². The zero-order valence-electron chi connectivity index (χ0n) is 15.0. The van der Waals surface area contributed by atoms with E-state index in [-0.39, 0.29) is 5.57 Å². The molecule has 0 radical (unpaired) electrons. The first-order valence-electron chi connectivity index (χ1n) is 7.82. The van der Waals surface area contributed by atoms with E-state index in [9.17, 15) is 10.1 Å². The molecule has 134 valence electrons. The van der Waals surface area contributed by atoms with Crippen LogP contribution in [-0.2, 0) is 4.79 Å². The molecule has 0 aliphatic carbocycles. The van der Waals surface area contributed by atoms with E-state index in [1.807, 2.05) is 38.1 Å². The first-order valence-corrected chi connectivity index (χ1v) is 8.20. The summed E-state index contributed by atoms with van der Waals surface area (Å²) in [6.45, 7) is 3.79. The summed E-state index contributed by atoms with van der Waals surface area (Å²) in [6, 6.07) is 10.9. The summed E-state index contributed by atoms with van der Waals surface area (Å²) in [4.78, 5) is 12.5. The van der Waals surface area contributed by atoms with Gasteiger partial charge >= 0.3 is 0 Å². The Bertz CT molecular complexity index is 894. The number of carbonyl (C=O) groups is 1. The average Bonchev–Trinajstić information content (AvgIpc) is 2.62. The lowest BCUT2D eigenvalue weighted by atomic mass is 10.1. The Morgan fingerprint density at radius 1 is 1.19 bits per heavy atom. The van der Waals surface area contributed by atoms with Gasteiger partial charge in [0.2, 0.25) is 0 Å². The van der Waals surface area contributed by atoms with Crippen molar-refractivity contribution in [3.8, 4) is 17.6 Å². The van der Waals surface area contributed by atoms with E-state index >= 15 is 0 Å². The van der Waals surface area contributed by atoms with Gasteiger partial charge in [0.15, 0.2) is 11.5 Å². The number of methoxy groups -OCH3 is 2. The highest BCUT2D eigenvalue weighted by molar-refractivity contribution is 6.32. The molecular weight excluding hydrogens is 352 g/mol. The number of rotatable bonds is 5. The van der Waals surface area contributed by atoms with Crippen LogP contribution in [0, 0.1) is 25.2 Å². The van der Waals surface area contributed by atoms with Crippen LogP contribution in [-0.4, -0.2) is 20.1 Å². The van der Waals surface area contributed by atoms with Crippen LogP contribution in [0.4, 0.5) is 5.69 Å². The fourth-order valence-corrected chi connectivity index (χ4v) is 2.83. The summed E-state index contributed by atoms with van der Waals surface area (Å²) in [5, 5.41) is 12.5. The fraction of sp³-hybridized carbons (Fsp3) is 0.200. The maximum Gasteiger partial charge on any atom is 0.266 e.